The Hall–Kier alpha value is -1.73. The third-order valence-electron chi connectivity index (χ3n) is 5.11. The number of oxazole rings is 1. The Morgan fingerprint density at radius 1 is 1.16 bits per heavy atom. The number of ether oxygens (including phenoxy) is 1. The van der Waals surface area contributed by atoms with Crippen molar-refractivity contribution in [1.82, 2.24) is 20.1 Å². The Kier molecular flexibility index (Phi) is 4.85. The van der Waals surface area contributed by atoms with Gasteiger partial charge in [0.15, 0.2) is 6.39 Å². The van der Waals surface area contributed by atoms with Crippen LogP contribution in [0.4, 0.5) is 0 Å². The zero-order chi connectivity index (χ0) is 17.2. The minimum absolute atomic E-state index is 0.0265. The zero-order valence-electron chi connectivity index (χ0n) is 15.0. The van der Waals surface area contributed by atoms with Crippen LogP contribution in [0.3, 0.4) is 0 Å². The number of hydrogen-bond acceptors (Lipinski definition) is 7. The number of aromatic nitrogens is 3. The van der Waals surface area contributed by atoms with Gasteiger partial charge in [0.2, 0.25) is 11.8 Å². The zero-order valence-corrected chi connectivity index (χ0v) is 15.0. The number of likely N-dealkylation sites (tertiary alicyclic amines) is 1. The summed E-state index contributed by atoms with van der Waals surface area (Å²) in [7, 11) is 0. The van der Waals surface area contributed by atoms with Crippen LogP contribution < -0.4 is 0 Å². The molecule has 2 aromatic heterocycles. The van der Waals surface area contributed by atoms with Crippen LogP contribution in [-0.4, -0.2) is 33.2 Å². The molecule has 2 aromatic rings. The summed E-state index contributed by atoms with van der Waals surface area (Å²) in [6.07, 6.45) is 6.93. The lowest BCUT2D eigenvalue weighted by atomic mass is 10.0. The molecule has 2 aliphatic heterocycles. The van der Waals surface area contributed by atoms with Crippen molar-refractivity contribution >= 4 is 0 Å². The Labute approximate surface area is 147 Å². The predicted molar refractivity (Wildman–Crippen MR) is 89.8 cm³/mol. The summed E-state index contributed by atoms with van der Waals surface area (Å²) in [4.78, 5) is 6.82. The molecule has 4 heterocycles. The third-order valence-corrected chi connectivity index (χ3v) is 5.11. The molecule has 0 saturated carbocycles. The Bertz CT molecular complexity index is 690. The van der Waals surface area contributed by atoms with Crippen molar-refractivity contribution in [2.45, 2.75) is 70.6 Å². The van der Waals surface area contributed by atoms with Crippen LogP contribution in [-0.2, 0) is 11.3 Å². The summed E-state index contributed by atoms with van der Waals surface area (Å²) in [6.45, 7) is 6.80. The highest BCUT2D eigenvalue weighted by molar-refractivity contribution is 5.12. The molecule has 2 atom stereocenters. The minimum Gasteiger partial charge on any atom is -0.448 e. The van der Waals surface area contributed by atoms with Gasteiger partial charge >= 0.3 is 0 Å². The molecular formula is C18H26N4O3. The molecule has 0 amide bonds. The summed E-state index contributed by atoms with van der Waals surface area (Å²) < 4.78 is 17.2. The number of piperidine rings is 1. The van der Waals surface area contributed by atoms with Gasteiger partial charge in [0, 0.05) is 19.1 Å². The molecule has 7 nitrogen and oxygen atoms in total. The first-order valence-corrected chi connectivity index (χ1v) is 9.33. The van der Waals surface area contributed by atoms with E-state index in [9.17, 15) is 0 Å². The minimum atomic E-state index is -0.0265. The van der Waals surface area contributed by atoms with Gasteiger partial charge in [0.05, 0.1) is 11.7 Å². The van der Waals surface area contributed by atoms with Gasteiger partial charge in [0.1, 0.15) is 11.9 Å². The van der Waals surface area contributed by atoms with E-state index in [-0.39, 0.29) is 12.1 Å². The molecule has 2 fully saturated rings. The van der Waals surface area contributed by atoms with E-state index in [1.165, 1.54) is 12.8 Å². The fourth-order valence-corrected chi connectivity index (χ4v) is 3.80. The molecule has 2 aliphatic rings. The van der Waals surface area contributed by atoms with Gasteiger partial charge < -0.3 is 13.6 Å². The first-order chi connectivity index (χ1) is 12.2. The summed E-state index contributed by atoms with van der Waals surface area (Å²) in [5.74, 6) is 2.63. The fraction of sp³-hybridized carbons (Fsp3) is 0.722. The second-order valence-electron chi connectivity index (χ2n) is 7.28. The molecule has 136 valence electrons. The van der Waals surface area contributed by atoms with Crippen molar-refractivity contribution in [3.8, 4) is 0 Å². The van der Waals surface area contributed by atoms with Gasteiger partial charge in [-0.3, -0.25) is 4.90 Å². The lowest BCUT2D eigenvalue weighted by Gasteiger charge is -2.33. The standard InChI is InChI=1S/C18H26N4O3/c1-12(2)16-13(19-11-24-16)10-22-8-4-3-6-14(22)17-20-21-18(25-17)15-7-5-9-23-15/h11-12,14-15H,3-10H2,1-2H3/t14?,15-/m1/s1. The van der Waals surface area contributed by atoms with E-state index < -0.39 is 0 Å². The van der Waals surface area contributed by atoms with Crippen LogP contribution in [0.2, 0.25) is 0 Å². The normalized spacial score (nSPS) is 25.1. The van der Waals surface area contributed by atoms with E-state index in [0.717, 1.165) is 50.4 Å². The summed E-state index contributed by atoms with van der Waals surface area (Å²) >= 11 is 0. The molecular weight excluding hydrogens is 320 g/mol. The number of nitrogens with zero attached hydrogens (tertiary/aromatic N) is 4. The van der Waals surface area contributed by atoms with E-state index in [1.54, 1.807) is 6.39 Å². The molecule has 1 unspecified atom stereocenters. The van der Waals surface area contributed by atoms with Crippen molar-refractivity contribution in [2.75, 3.05) is 13.2 Å². The summed E-state index contributed by atoms with van der Waals surface area (Å²) in [5, 5.41) is 8.59. The molecule has 0 bridgehead atoms. The lowest BCUT2D eigenvalue weighted by molar-refractivity contribution is 0.0791. The summed E-state index contributed by atoms with van der Waals surface area (Å²) in [6, 6.07) is 0.146. The van der Waals surface area contributed by atoms with Crippen LogP contribution in [0.25, 0.3) is 0 Å². The van der Waals surface area contributed by atoms with E-state index in [2.05, 4.69) is 33.9 Å². The van der Waals surface area contributed by atoms with Gasteiger partial charge in [0.25, 0.3) is 0 Å². The molecule has 0 aliphatic carbocycles. The molecule has 4 rings (SSSR count). The molecule has 7 heteroatoms. The van der Waals surface area contributed by atoms with E-state index in [4.69, 9.17) is 13.6 Å². The van der Waals surface area contributed by atoms with Crippen molar-refractivity contribution < 1.29 is 13.6 Å². The van der Waals surface area contributed by atoms with Crippen LogP contribution in [0, 0.1) is 0 Å². The first kappa shape index (κ1) is 16.7. The quantitative estimate of drug-likeness (QED) is 0.815. The SMILES string of the molecule is CC(C)c1ocnc1CN1CCCCC1c1nnc([C@H]2CCCO2)o1. The molecule has 0 spiro atoms. The Morgan fingerprint density at radius 2 is 2.04 bits per heavy atom. The van der Waals surface area contributed by atoms with Crippen LogP contribution in [0.5, 0.6) is 0 Å². The highest BCUT2D eigenvalue weighted by Gasteiger charge is 2.32. The maximum absolute atomic E-state index is 6.00. The maximum atomic E-state index is 6.00. The largest absolute Gasteiger partial charge is 0.448 e. The molecule has 0 radical (unpaired) electrons. The van der Waals surface area contributed by atoms with Gasteiger partial charge in [-0.05, 0) is 32.2 Å². The average molecular weight is 346 g/mol. The molecule has 25 heavy (non-hydrogen) atoms. The highest BCUT2D eigenvalue weighted by Crippen LogP contribution is 2.34. The predicted octanol–water partition coefficient (Wildman–Crippen LogP) is 3.76. The summed E-state index contributed by atoms with van der Waals surface area (Å²) in [5.41, 5.74) is 1.01. The van der Waals surface area contributed by atoms with Crippen LogP contribution in [0.15, 0.2) is 15.2 Å². The smallest absolute Gasteiger partial charge is 0.245 e. The monoisotopic (exact) mass is 346 g/mol. The topological polar surface area (TPSA) is 77.4 Å². The van der Waals surface area contributed by atoms with E-state index in [0.29, 0.717) is 17.7 Å². The van der Waals surface area contributed by atoms with Crippen molar-refractivity contribution in [1.29, 1.82) is 0 Å². The van der Waals surface area contributed by atoms with Crippen molar-refractivity contribution in [2.24, 2.45) is 0 Å². The van der Waals surface area contributed by atoms with E-state index >= 15 is 0 Å². The maximum Gasteiger partial charge on any atom is 0.245 e. The van der Waals surface area contributed by atoms with Gasteiger partial charge in [-0.1, -0.05) is 20.3 Å². The highest BCUT2D eigenvalue weighted by atomic mass is 16.5. The van der Waals surface area contributed by atoms with Crippen LogP contribution >= 0.6 is 0 Å². The van der Waals surface area contributed by atoms with Gasteiger partial charge in [-0.25, -0.2) is 4.98 Å². The van der Waals surface area contributed by atoms with E-state index in [1.807, 2.05) is 0 Å². The first-order valence-electron chi connectivity index (χ1n) is 9.33. The van der Waals surface area contributed by atoms with Crippen LogP contribution in [0.1, 0.15) is 87.3 Å². The van der Waals surface area contributed by atoms with Gasteiger partial charge in [-0.15, -0.1) is 10.2 Å². The Balaban J connectivity index is 1.52. The molecule has 0 aromatic carbocycles. The Morgan fingerprint density at radius 3 is 2.84 bits per heavy atom. The van der Waals surface area contributed by atoms with Crippen molar-refractivity contribution in [3.63, 3.8) is 0 Å². The average Bonchev–Trinajstić information content (AvgIpc) is 3.36. The number of rotatable bonds is 5. The second kappa shape index (κ2) is 7.25. The third kappa shape index (κ3) is 3.48. The molecule has 2 saturated heterocycles. The fourth-order valence-electron chi connectivity index (χ4n) is 3.80. The lowest BCUT2D eigenvalue weighted by Crippen LogP contribution is -2.33. The van der Waals surface area contributed by atoms with Crippen molar-refractivity contribution in [3.05, 3.63) is 29.6 Å². The number of hydrogen-bond donors (Lipinski definition) is 0. The molecule has 0 N–H and O–H groups in total. The van der Waals surface area contributed by atoms with Gasteiger partial charge in [-0.2, -0.15) is 0 Å². The second-order valence-corrected chi connectivity index (χ2v) is 7.28.